The Morgan fingerprint density at radius 1 is 0.926 bits per heavy atom. The second-order valence-corrected chi connectivity index (χ2v) is 5.85. The van der Waals surface area contributed by atoms with E-state index in [1.165, 1.54) is 0 Å². The first kappa shape index (κ1) is 18.3. The van der Waals surface area contributed by atoms with Gasteiger partial charge in [-0.05, 0) is 30.3 Å². The summed E-state index contributed by atoms with van der Waals surface area (Å²) < 4.78 is 10.5. The highest BCUT2D eigenvalue weighted by Gasteiger charge is 2.12. The average molecular weight is 363 g/mol. The van der Waals surface area contributed by atoms with Gasteiger partial charge in [0.1, 0.15) is 0 Å². The Morgan fingerprint density at radius 2 is 1.67 bits per heavy atom. The summed E-state index contributed by atoms with van der Waals surface area (Å²) in [5.41, 5.74) is 2.91. The highest BCUT2D eigenvalue weighted by atomic mass is 16.5. The number of amides is 1. The minimum Gasteiger partial charge on any atom is -0.493 e. The fourth-order valence-corrected chi connectivity index (χ4v) is 2.65. The van der Waals surface area contributed by atoms with Crippen LogP contribution in [0.4, 0.5) is 17.1 Å². The Morgan fingerprint density at radius 3 is 2.37 bits per heavy atom. The molecule has 0 aliphatic carbocycles. The summed E-state index contributed by atoms with van der Waals surface area (Å²) in [6.07, 6.45) is 3.26. The maximum absolute atomic E-state index is 12.6. The molecule has 1 aromatic heterocycles. The van der Waals surface area contributed by atoms with E-state index < -0.39 is 0 Å². The van der Waals surface area contributed by atoms with Gasteiger partial charge >= 0.3 is 0 Å². The number of benzene rings is 2. The van der Waals surface area contributed by atoms with Crippen LogP contribution in [0.25, 0.3) is 0 Å². The number of ether oxygens (including phenoxy) is 2. The van der Waals surface area contributed by atoms with Crippen molar-refractivity contribution < 1.29 is 14.3 Å². The lowest BCUT2D eigenvalue weighted by atomic mass is 10.2. The third kappa shape index (κ3) is 4.17. The van der Waals surface area contributed by atoms with E-state index in [4.69, 9.17) is 9.47 Å². The van der Waals surface area contributed by atoms with Gasteiger partial charge in [0.25, 0.3) is 5.91 Å². The van der Waals surface area contributed by atoms with Gasteiger partial charge in [0.2, 0.25) is 0 Å². The maximum Gasteiger partial charge on any atom is 0.257 e. The molecule has 0 radical (unpaired) electrons. The molecule has 0 atom stereocenters. The maximum atomic E-state index is 12.6. The number of pyridine rings is 1. The molecule has 0 fully saturated rings. The van der Waals surface area contributed by atoms with Gasteiger partial charge in [0, 0.05) is 30.7 Å². The van der Waals surface area contributed by atoms with Gasteiger partial charge in [-0.2, -0.15) is 0 Å². The fraction of sp³-hybridized carbons (Fsp3) is 0.143. The van der Waals surface area contributed by atoms with Gasteiger partial charge in [-0.1, -0.05) is 18.2 Å². The second-order valence-electron chi connectivity index (χ2n) is 5.85. The predicted molar refractivity (Wildman–Crippen MR) is 106 cm³/mol. The van der Waals surface area contributed by atoms with Crippen molar-refractivity contribution >= 4 is 23.0 Å². The summed E-state index contributed by atoms with van der Waals surface area (Å²) >= 11 is 0. The fourth-order valence-electron chi connectivity index (χ4n) is 2.65. The van der Waals surface area contributed by atoms with Gasteiger partial charge in [0.15, 0.2) is 11.5 Å². The van der Waals surface area contributed by atoms with Gasteiger partial charge in [-0.15, -0.1) is 0 Å². The van der Waals surface area contributed by atoms with Crippen LogP contribution >= 0.6 is 0 Å². The van der Waals surface area contributed by atoms with Crippen LogP contribution in [0.2, 0.25) is 0 Å². The van der Waals surface area contributed by atoms with Gasteiger partial charge in [-0.25, -0.2) is 0 Å². The second kappa shape index (κ2) is 8.23. The van der Waals surface area contributed by atoms with E-state index in [1.807, 2.05) is 42.3 Å². The molecule has 3 aromatic rings. The lowest BCUT2D eigenvalue weighted by molar-refractivity contribution is 0.102. The lowest BCUT2D eigenvalue weighted by Gasteiger charge is -2.19. The zero-order valence-electron chi connectivity index (χ0n) is 15.5. The highest BCUT2D eigenvalue weighted by molar-refractivity contribution is 6.04. The van der Waals surface area contributed by atoms with Crippen molar-refractivity contribution in [2.24, 2.45) is 0 Å². The van der Waals surface area contributed by atoms with E-state index in [1.54, 1.807) is 50.9 Å². The number of nitrogens with zero attached hydrogens (tertiary/aromatic N) is 2. The molecule has 0 unspecified atom stereocenters. The molecule has 3 rings (SSSR count). The number of nitrogens with one attached hydrogen (secondary N) is 1. The summed E-state index contributed by atoms with van der Waals surface area (Å²) in [5.74, 6) is 0.896. The number of carbonyl (C=O) groups excluding carboxylic acids is 1. The molecule has 6 heteroatoms. The average Bonchev–Trinajstić information content (AvgIpc) is 2.73. The van der Waals surface area contributed by atoms with E-state index in [0.29, 0.717) is 22.7 Å². The number of para-hydroxylation sites is 1. The van der Waals surface area contributed by atoms with Gasteiger partial charge in [0.05, 0.1) is 31.7 Å². The summed E-state index contributed by atoms with van der Waals surface area (Å²) in [4.78, 5) is 18.8. The lowest BCUT2D eigenvalue weighted by Crippen LogP contribution is -2.15. The first-order chi connectivity index (χ1) is 13.1. The molecule has 1 amide bonds. The van der Waals surface area contributed by atoms with E-state index >= 15 is 0 Å². The number of hydrogen-bond donors (Lipinski definition) is 1. The third-order valence-corrected chi connectivity index (χ3v) is 4.16. The molecule has 0 saturated heterocycles. The standard InChI is InChI=1S/C21H21N3O3/c1-24(17-7-5-4-6-8-17)18-11-15(13-22-14-18)21(25)23-16-9-10-19(26-2)20(12-16)27-3/h4-14H,1-3H3,(H,23,25). The summed E-state index contributed by atoms with van der Waals surface area (Å²) in [6.45, 7) is 0. The minimum absolute atomic E-state index is 0.252. The Hall–Kier alpha value is -3.54. The largest absolute Gasteiger partial charge is 0.493 e. The first-order valence-electron chi connectivity index (χ1n) is 8.39. The van der Waals surface area contributed by atoms with Crippen molar-refractivity contribution in [2.45, 2.75) is 0 Å². The van der Waals surface area contributed by atoms with Crippen LogP contribution < -0.4 is 19.7 Å². The van der Waals surface area contributed by atoms with Crippen molar-refractivity contribution in [3.63, 3.8) is 0 Å². The number of rotatable bonds is 6. The van der Waals surface area contributed by atoms with Gasteiger partial charge < -0.3 is 19.7 Å². The molecular weight excluding hydrogens is 342 g/mol. The van der Waals surface area contributed by atoms with Crippen LogP contribution in [0.15, 0.2) is 67.0 Å². The van der Waals surface area contributed by atoms with Crippen molar-refractivity contribution in [1.82, 2.24) is 4.98 Å². The molecule has 27 heavy (non-hydrogen) atoms. The summed E-state index contributed by atoms with van der Waals surface area (Å²) in [6, 6.07) is 16.9. The molecule has 0 spiro atoms. The number of aromatic nitrogens is 1. The van der Waals surface area contributed by atoms with Crippen molar-refractivity contribution in [3.8, 4) is 11.5 Å². The summed E-state index contributed by atoms with van der Waals surface area (Å²) in [5, 5.41) is 2.86. The zero-order valence-corrected chi connectivity index (χ0v) is 15.5. The monoisotopic (exact) mass is 363 g/mol. The molecule has 0 aliphatic heterocycles. The van der Waals surface area contributed by atoms with E-state index in [-0.39, 0.29) is 5.91 Å². The molecule has 1 N–H and O–H groups in total. The number of carbonyl (C=O) groups is 1. The topological polar surface area (TPSA) is 63.7 Å². The minimum atomic E-state index is -0.252. The van der Waals surface area contributed by atoms with Crippen LogP contribution in [-0.2, 0) is 0 Å². The van der Waals surface area contributed by atoms with E-state index in [2.05, 4.69) is 10.3 Å². The normalized spacial score (nSPS) is 10.2. The predicted octanol–water partition coefficient (Wildman–Crippen LogP) is 4.12. The molecule has 2 aromatic carbocycles. The molecule has 138 valence electrons. The molecule has 0 aliphatic rings. The molecule has 1 heterocycles. The Balaban J connectivity index is 1.80. The van der Waals surface area contributed by atoms with Crippen LogP contribution in [0.5, 0.6) is 11.5 Å². The SMILES string of the molecule is COc1ccc(NC(=O)c2cncc(N(C)c3ccccc3)c2)cc1OC. The van der Waals surface area contributed by atoms with Crippen molar-refractivity contribution in [1.29, 1.82) is 0 Å². The first-order valence-corrected chi connectivity index (χ1v) is 8.39. The molecule has 6 nitrogen and oxygen atoms in total. The smallest absolute Gasteiger partial charge is 0.257 e. The Labute approximate surface area is 158 Å². The van der Waals surface area contributed by atoms with Crippen LogP contribution in [0, 0.1) is 0 Å². The van der Waals surface area contributed by atoms with Gasteiger partial charge in [-0.3, -0.25) is 9.78 Å². The Bertz CT molecular complexity index is 929. The Kier molecular flexibility index (Phi) is 5.56. The molecule has 0 bridgehead atoms. The van der Waals surface area contributed by atoms with Crippen LogP contribution in [-0.4, -0.2) is 32.2 Å². The summed E-state index contributed by atoms with van der Waals surface area (Å²) in [7, 11) is 5.05. The van der Waals surface area contributed by atoms with Crippen molar-refractivity contribution in [2.75, 3.05) is 31.5 Å². The molecular formula is C21H21N3O3. The number of hydrogen-bond acceptors (Lipinski definition) is 5. The third-order valence-electron chi connectivity index (χ3n) is 4.16. The van der Waals surface area contributed by atoms with Crippen LogP contribution in [0.1, 0.15) is 10.4 Å². The zero-order chi connectivity index (χ0) is 19.2. The van der Waals surface area contributed by atoms with E-state index in [9.17, 15) is 4.79 Å². The number of methoxy groups -OCH3 is 2. The van der Waals surface area contributed by atoms with E-state index in [0.717, 1.165) is 11.4 Å². The van der Waals surface area contributed by atoms with Crippen LogP contribution in [0.3, 0.4) is 0 Å². The number of anilines is 3. The highest BCUT2D eigenvalue weighted by Crippen LogP contribution is 2.30. The quantitative estimate of drug-likeness (QED) is 0.714. The molecule has 0 saturated carbocycles. The van der Waals surface area contributed by atoms with Crippen molar-refractivity contribution in [3.05, 3.63) is 72.6 Å².